The fraction of sp³-hybridized carbons (Fsp3) is 0.455. The van der Waals surface area contributed by atoms with Crippen molar-refractivity contribution in [2.24, 2.45) is 5.92 Å². The van der Waals surface area contributed by atoms with Crippen LogP contribution in [-0.4, -0.2) is 48.0 Å². The minimum absolute atomic E-state index is 0.103. The second-order valence-corrected chi connectivity index (χ2v) is 7.34. The zero-order chi connectivity index (χ0) is 17.8. The van der Waals surface area contributed by atoms with Gasteiger partial charge in [0.25, 0.3) is 0 Å². The van der Waals surface area contributed by atoms with Gasteiger partial charge in [-0.2, -0.15) is 0 Å². The van der Waals surface area contributed by atoms with Crippen molar-refractivity contribution in [3.05, 3.63) is 71.8 Å². The summed E-state index contributed by atoms with van der Waals surface area (Å²) in [6, 6.07) is 20.7. The standard InChI is InChI=1S/C22H27NO3/c24-20-11-12-23-13-21(26-15-18-9-5-2-6-10-18)19(22(20)23)16-25-14-17-7-3-1-4-8-17/h1-10,19-22,24H,11-16H2/t19-,20-,21+,22-/m0/s1. The Hall–Kier alpha value is -1.72. The Bertz CT molecular complexity index is 678. The molecule has 4 heteroatoms. The second-order valence-electron chi connectivity index (χ2n) is 7.34. The van der Waals surface area contributed by atoms with E-state index in [0.717, 1.165) is 19.5 Å². The summed E-state index contributed by atoms with van der Waals surface area (Å²) in [6.07, 6.45) is 0.683. The van der Waals surface area contributed by atoms with Crippen molar-refractivity contribution < 1.29 is 14.6 Å². The van der Waals surface area contributed by atoms with E-state index >= 15 is 0 Å². The summed E-state index contributed by atoms with van der Waals surface area (Å²) in [7, 11) is 0. The molecule has 4 nitrogen and oxygen atoms in total. The molecule has 0 aliphatic carbocycles. The van der Waals surface area contributed by atoms with Gasteiger partial charge in [0, 0.05) is 25.0 Å². The van der Waals surface area contributed by atoms with Gasteiger partial charge in [0.15, 0.2) is 0 Å². The van der Waals surface area contributed by atoms with Crippen LogP contribution in [0.25, 0.3) is 0 Å². The molecule has 2 aliphatic heterocycles. The van der Waals surface area contributed by atoms with Crippen molar-refractivity contribution in [2.75, 3.05) is 19.7 Å². The quantitative estimate of drug-likeness (QED) is 0.831. The molecular weight excluding hydrogens is 326 g/mol. The van der Waals surface area contributed by atoms with E-state index in [9.17, 15) is 5.11 Å². The first-order valence-electron chi connectivity index (χ1n) is 9.50. The number of aliphatic hydroxyl groups excluding tert-OH is 1. The maximum Gasteiger partial charge on any atom is 0.0772 e. The van der Waals surface area contributed by atoms with Gasteiger partial charge in [0.2, 0.25) is 0 Å². The minimum atomic E-state index is -0.273. The van der Waals surface area contributed by atoms with Crippen LogP contribution in [0.5, 0.6) is 0 Å². The number of hydrogen-bond acceptors (Lipinski definition) is 4. The predicted octanol–water partition coefficient (Wildman–Crippen LogP) is 2.85. The Kier molecular flexibility index (Phi) is 5.65. The normalized spacial score (nSPS) is 28.3. The Morgan fingerprint density at radius 3 is 2.27 bits per heavy atom. The van der Waals surface area contributed by atoms with Crippen LogP contribution in [0.4, 0.5) is 0 Å². The molecule has 138 valence electrons. The topological polar surface area (TPSA) is 41.9 Å². The average molecular weight is 353 g/mol. The zero-order valence-electron chi connectivity index (χ0n) is 15.0. The fourth-order valence-electron chi connectivity index (χ4n) is 4.26. The molecule has 1 N–H and O–H groups in total. The summed E-state index contributed by atoms with van der Waals surface area (Å²) in [6.45, 7) is 3.66. The third kappa shape index (κ3) is 3.99. The van der Waals surface area contributed by atoms with Gasteiger partial charge in [0.05, 0.1) is 32.0 Å². The largest absolute Gasteiger partial charge is 0.391 e. The molecule has 2 aromatic rings. The molecule has 26 heavy (non-hydrogen) atoms. The number of aliphatic hydroxyl groups is 1. The summed E-state index contributed by atoms with van der Waals surface area (Å²) in [4.78, 5) is 2.37. The molecule has 2 fully saturated rings. The maximum atomic E-state index is 10.4. The monoisotopic (exact) mass is 353 g/mol. The van der Waals surface area contributed by atoms with Crippen LogP contribution >= 0.6 is 0 Å². The van der Waals surface area contributed by atoms with E-state index in [4.69, 9.17) is 9.47 Å². The molecule has 0 bridgehead atoms. The summed E-state index contributed by atoms with van der Waals surface area (Å²) < 4.78 is 12.3. The number of benzene rings is 2. The Labute approximate surface area is 155 Å². The van der Waals surface area contributed by atoms with Gasteiger partial charge < -0.3 is 14.6 Å². The van der Waals surface area contributed by atoms with Gasteiger partial charge in [-0.1, -0.05) is 60.7 Å². The van der Waals surface area contributed by atoms with E-state index in [1.807, 2.05) is 36.4 Å². The van der Waals surface area contributed by atoms with Crippen LogP contribution in [0.15, 0.2) is 60.7 Å². The summed E-state index contributed by atoms with van der Waals surface area (Å²) >= 11 is 0. The third-order valence-corrected chi connectivity index (χ3v) is 5.59. The van der Waals surface area contributed by atoms with Crippen LogP contribution in [0.1, 0.15) is 17.5 Å². The van der Waals surface area contributed by atoms with E-state index in [0.29, 0.717) is 19.8 Å². The highest BCUT2D eigenvalue weighted by atomic mass is 16.5. The number of ether oxygens (including phenoxy) is 2. The molecule has 2 aliphatic rings. The van der Waals surface area contributed by atoms with Gasteiger partial charge in [-0.3, -0.25) is 4.90 Å². The highest BCUT2D eigenvalue weighted by molar-refractivity contribution is 5.14. The Morgan fingerprint density at radius 2 is 1.58 bits per heavy atom. The lowest BCUT2D eigenvalue weighted by molar-refractivity contribution is -0.0282. The molecule has 0 amide bonds. The van der Waals surface area contributed by atoms with Crippen LogP contribution in [0, 0.1) is 5.92 Å². The molecule has 2 heterocycles. The first-order valence-corrected chi connectivity index (χ1v) is 9.50. The van der Waals surface area contributed by atoms with Crippen LogP contribution in [0.3, 0.4) is 0 Å². The summed E-state index contributed by atoms with van der Waals surface area (Å²) in [5, 5.41) is 10.4. The first kappa shape index (κ1) is 17.7. The predicted molar refractivity (Wildman–Crippen MR) is 101 cm³/mol. The van der Waals surface area contributed by atoms with Crippen LogP contribution in [0.2, 0.25) is 0 Å². The lowest BCUT2D eigenvalue weighted by atomic mass is 9.95. The Morgan fingerprint density at radius 1 is 0.923 bits per heavy atom. The molecule has 4 atom stereocenters. The lowest BCUT2D eigenvalue weighted by Gasteiger charge is -2.26. The van der Waals surface area contributed by atoms with Crippen molar-refractivity contribution in [3.8, 4) is 0 Å². The molecule has 0 saturated carbocycles. The first-order chi connectivity index (χ1) is 12.8. The van der Waals surface area contributed by atoms with E-state index < -0.39 is 0 Å². The highest BCUT2D eigenvalue weighted by Gasteiger charge is 2.48. The number of rotatable bonds is 7. The van der Waals surface area contributed by atoms with Gasteiger partial charge in [0.1, 0.15) is 0 Å². The van der Waals surface area contributed by atoms with Crippen molar-refractivity contribution in [2.45, 2.75) is 37.9 Å². The molecule has 2 aromatic carbocycles. The van der Waals surface area contributed by atoms with E-state index in [-0.39, 0.29) is 24.2 Å². The SMILES string of the molecule is O[C@H]1CCN2C[C@@H](OCc3ccccc3)[C@H](COCc3ccccc3)[C@@H]12. The number of hydrogen-bond donors (Lipinski definition) is 1. The molecule has 0 aromatic heterocycles. The highest BCUT2D eigenvalue weighted by Crippen LogP contribution is 2.35. The van der Waals surface area contributed by atoms with Gasteiger partial charge in [-0.15, -0.1) is 0 Å². The maximum absolute atomic E-state index is 10.4. The molecular formula is C22H27NO3. The molecule has 0 spiro atoms. The fourth-order valence-corrected chi connectivity index (χ4v) is 4.26. The van der Waals surface area contributed by atoms with E-state index in [1.54, 1.807) is 0 Å². The van der Waals surface area contributed by atoms with Gasteiger partial charge >= 0.3 is 0 Å². The second kappa shape index (κ2) is 8.31. The van der Waals surface area contributed by atoms with Crippen molar-refractivity contribution in [1.82, 2.24) is 4.90 Å². The molecule has 4 rings (SSSR count). The molecule has 0 radical (unpaired) electrons. The lowest BCUT2D eigenvalue weighted by Crippen LogP contribution is -2.38. The van der Waals surface area contributed by atoms with E-state index in [2.05, 4.69) is 29.2 Å². The van der Waals surface area contributed by atoms with Gasteiger partial charge in [-0.25, -0.2) is 0 Å². The van der Waals surface area contributed by atoms with Crippen molar-refractivity contribution in [1.29, 1.82) is 0 Å². The zero-order valence-corrected chi connectivity index (χ0v) is 15.0. The van der Waals surface area contributed by atoms with Crippen LogP contribution in [-0.2, 0) is 22.7 Å². The summed E-state index contributed by atoms with van der Waals surface area (Å²) in [5.74, 6) is 0.208. The average Bonchev–Trinajstić information content (AvgIpc) is 3.22. The third-order valence-electron chi connectivity index (χ3n) is 5.59. The van der Waals surface area contributed by atoms with Crippen LogP contribution < -0.4 is 0 Å². The molecule has 0 unspecified atom stereocenters. The molecule has 2 saturated heterocycles. The Balaban J connectivity index is 1.37. The minimum Gasteiger partial charge on any atom is -0.391 e. The summed E-state index contributed by atoms with van der Waals surface area (Å²) in [5.41, 5.74) is 2.36. The number of fused-ring (bicyclic) bond motifs is 1. The van der Waals surface area contributed by atoms with Crippen molar-refractivity contribution >= 4 is 0 Å². The number of nitrogens with zero attached hydrogens (tertiary/aromatic N) is 1. The van der Waals surface area contributed by atoms with Gasteiger partial charge in [-0.05, 0) is 17.5 Å². The smallest absolute Gasteiger partial charge is 0.0772 e. The van der Waals surface area contributed by atoms with Crippen molar-refractivity contribution in [3.63, 3.8) is 0 Å². The van der Waals surface area contributed by atoms with E-state index in [1.165, 1.54) is 11.1 Å².